The van der Waals surface area contributed by atoms with Crippen LogP contribution in [0.1, 0.15) is 66.9 Å². The number of hydrogen-bond acceptors (Lipinski definition) is 4. The van der Waals surface area contributed by atoms with Crippen LogP contribution in [0.15, 0.2) is 6.07 Å². The number of anilines is 1. The predicted octanol–water partition coefficient (Wildman–Crippen LogP) is 4.11. The highest BCUT2D eigenvalue weighted by Crippen LogP contribution is 2.45. The SMILES string of the molecule is CC(=O)c1c(C)c(C)cc2c1nc1n2C(NC(=O)CCC2CCCC2)(C(F)(F)F)C(=O)N1. The van der Waals surface area contributed by atoms with E-state index >= 15 is 0 Å². The number of carbonyl (C=O) groups excluding carboxylic acids is 3. The molecule has 2 amide bonds. The summed E-state index contributed by atoms with van der Waals surface area (Å²) in [6.45, 7) is 4.67. The van der Waals surface area contributed by atoms with Gasteiger partial charge in [-0.05, 0) is 50.3 Å². The Morgan fingerprint density at radius 1 is 1.28 bits per heavy atom. The Balaban J connectivity index is 1.82. The second kappa shape index (κ2) is 7.60. The fourth-order valence-electron chi connectivity index (χ4n) is 4.92. The zero-order valence-electron chi connectivity index (χ0n) is 18.2. The number of imidazole rings is 1. The van der Waals surface area contributed by atoms with Gasteiger partial charge in [0.25, 0.3) is 11.6 Å². The highest BCUT2D eigenvalue weighted by Gasteiger charge is 2.67. The Morgan fingerprint density at radius 3 is 2.53 bits per heavy atom. The van der Waals surface area contributed by atoms with E-state index < -0.39 is 23.7 Å². The van der Waals surface area contributed by atoms with E-state index in [1.54, 1.807) is 13.8 Å². The quantitative estimate of drug-likeness (QED) is 0.671. The molecule has 1 aromatic carbocycles. The molecular weight excluding hydrogens is 425 g/mol. The first-order valence-electron chi connectivity index (χ1n) is 10.7. The molecule has 10 heteroatoms. The summed E-state index contributed by atoms with van der Waals surface area (Å²) in [5.74, 6) is -2.67. The third-order valence-electron chi connectivity index (χ3n) is 6.70. The summed E-state index contributed by atoms with van der Waals surface area (Å²) in [5, 5.41) is 4.14. The van der Waals surface area contributed by atoms with Gasteiger partial charge in [-0.2, -0.15) is 13.2 Å². The van der Waals surface area contributed by atoms with Gasteiger partial charge < -0.3 is 5.32 Å². The summed E-state index contributed by atoms with van der Waals surface area (Å²) in [4.78, 5) is 41.7. The second-order valence-corrected chi connectivity index (χ2v) is 8.79. The zero-order valence-corrected chi connectivity index (χ0v) is 18.2. The third-order valence-corrected chi connectivity index (χ3v) is 6.70. The molecule has 1 saturated carbocycles. The highest BCUT2D eigenvalue weighted by atomic mass is 19.4. The lowest BCUT2D eigenvalue weighted by atomic mass is 9.98. The van der Waals surface area contributed by atoms with Crippen molar-refractivity contribution in [2.45, 2.75) is 71.1 Å². The average molecular weight is 450 g/mol. The lowest BCUT2D eigenvalue weighted by molar-refractivity contribution is -0.217. The molecule has 0 bridgehead atoms. The molecular formula is C22H25F3N4O3. The number of hydrogen-bond donors (Lipinski definition) is 2. The summed E-state index contributed by atoms with van der Waals surface area (Å²) in [6, 6.07) is 1.46. The van der Waals surface area contributed by atoms with Crippen molar-refractivity contribution in [3.8, 4) is 0 Å². The van der Waals surface area contributed by atoms with Crippen LogP contribution in [0.4, 0.5) is 19.1 Å². The molecule has 0 radical (unpaired) electrons. The monoisotopic (exact) mass is 450 g/mol. The van der Waals surface area contributed by atoms with E-state index in [0.29, 0.717) is 28.0 Å². The molecule has 2 aromatic rings. The molecule has 1 atom stereocenters. The number of rotatable bonds is 5. The van der Waals surface area contributed by atoms with Crippen molar-refractivity contribution < 1.29 is 27.6 Å². The second-order valence-electron chi connectivity index (χ2n) is 8.79. The molecule has 2 aliphatic rings. The van der Waals surface area contributed by atoms with Crippen molar-refractivity contribution in [2.24, 2.45) is 5.92 Å². The molecule has 0 spiro atoms. The maximum absolute atomic E-state index is 14.5. The number of fused-ring (bicyclic) bond motifs is 3. The molecule has 0 saturated heterocycles. The van der Waals surface area contributed by atoms with Crippen molar-refractivity contribution in [1.29, 1.82) is 0 Å². The van der Waals surface area contributed by atoms with Crippen LogP contribution in [-0.4, -0.2) is 33.3 Å². The summed E-state index contributed by atoms with van der Waals surface area (Å²) < 4.78 is 44.2. The molecule has 1 aliphatic heterocycles. The summed E-state index contributed by atoms with van der Waals surface area (Å²) in [5.41, 5.74) is -1.94. The fraction of sp³-hybridized carbons (Fsp3) is 0.545. The van der Waals surface area contributed by atoms with Crippen LogP contribution < -0.4 is 10.6 Å². The maximum Gasteiger partial charge on any atom is 0.440 e. The van der Waals surface area contributed by atoms with Gasteiger partial charge in [-0.1, -0.05) is 25.7 Å². The van der Waals surface area contributed by atoms with E-state index in [9.17, 15) is 27.6 Å². The molecule has 1 unspecified atom stereocenters. The number of aryl methyl sites for hydroxylation is 1. The summed E-state index contributed by atoms with van der Waals surface area (Å²) >= 11 is 0. The molecule has 7 nitrogen and oxygen atoms in total. The number of nitrogens with zero attached hydrogens (tertiary/aromatic N) is 2. The normalized spacial score (nSPS) is 21.1. The summed E-state index contributed by atoms with van der Waals surface area (Å²) in [7, 11) is 0. The lowest BCUT2D eigenvalue weighted by Crippen LogP contribution is -2.63. The Bertz CT molecular complexity index is 1130. The van der Waals surface area contributed by atoms with Gasteiger partial charge in [-0.3, -0.25) is 24.3 Å². The van der Waals surface area contributed by atoms with Gasteiger partial charge >= 0.3 is 6.18 Å². The van der Waals surface area contributed by atoms with Crippen molar-refractivity contribution in [3.05, 3.63) is 22.8 Å². The number of nitrogens with one attached hydrogen (secondary N) is 2. The van der Waals surface area contributed by atoms with Crippen LogP contribution >= 0.6 is 0 Å². The van der Waals surface area contributed by atoms with Gasteiger partial charge in [0.2, 0.25) is 11.9 Å². The van der Waals surface area contributed by atoms with Crippen molar-refractivity contribution in [1.82, 2.24) is 14.9 Å². The minimum absolute atomic E-state index is 0.0416. The first-order valence-corrected chi connectivity index (χ1v) is 10.7. The zero-order chi connectivity index (χ0) is 23.4. The van der Waals surface area contributed by atoms with Crippen LogP contribution in [-0.2, 0) is 15.3 Å². The molecule has 2 N–H and O–H groups in total. The summed E-state index contributed by atoms with van der Waals surface area (Å²) in [6.07, 6.45) is -0.734. The number of ketones is 1. The standard InChI is InChI=1S/C22H25F3N4O3/c1-11-10-15-18(17(12(11)2)13(3)30)26-20-27-19(32)21(29(15)20,22(23,24)25)28-16(31)9-8-14-6-4-5-7-14/h10,14H,4-9H2,1-3H3,(H,28,31)(H,26,27,32). The first-order chi connectivity index (χ1) is 15.0. The Hall–Kier alpha value is -2.91. The third kappa shape index (κ3) is 3.27. The molecule has 1 fully saturated rings. The van der Waals surface area contributed by atoms with Crippen molar-refractivity contribution in [3.63, 3.8) is 0 Å². The van der Waals surface area contributed by atoms with Gasteiger partial charge in [0.1, 0.15) is 5.52 Å². The predicted molar refractivity (Wildman–Crippen MR) is 111 cm³/mol. The van der Waals surface area contributed by atoms with E-state index in [0.717, 1.165) is 25.7 Å². The van der Waals surface area contributed by atoms with Gasteiger partial charge in [0.15, 0.2) is 5.78 Å². The van der Waals surface area contributed by atoms with E-state index in [1.807, 2.05) is 5.32 Å². The Morgan fingerprint density at radius 2 is 1.94 bits per heavy atom. The smallest absolute Gasteiger partial charge is 0.317 e. The Kier molecular flexibility index (Phi) is 5.29. The van der Waals surface area contributed by atoms with Gasteiger partial charge in [-0.15, -0.1) is 0 Å². The Labute approximate surface area is 182 Å². The van der Waals surface area contributed by atoms with Crippen LogP contribution in [0.25, 0.3) is 11.0 Å². The van der Waals surface area contributed by atoms with E-state index in [4.69, 9.17) is 0 Å². The maximum atomic E-state index is 14.5. The van der Waals surface area contributed by atoms with Crippen LogP contribution in [0.5, 0.6) is 0 Å². The number of alkyl halides is 3. The largest absolute Gasteiger partial charge is 0.440 e. The number of benzene rings is 1. The fourth-order valence-corrected chi connectivity index (χ4v) is 4.92. The average Bonchev–Trinajstić information content (AvgIpc) is 3.37. The van der Waals surface area contributed by atoms with E-state index in [1.165, 1.54) is 13.0 Å². The molecule has 32 heavy (non-hydrogen) atoms. The number of carbonyl (C=O) groups is 3. The van der Waals surface area contributed by atoms with Crippen molar-refractivity contribution >= 4 is 34.6 Å². The van der Waals surface area contributed by atoms with Crippen LogP contribution in [0.2, 0.25) is 0 Å². The number of amides is 2. The van der Waals surface area contributed by atoms with Crippen molar-refractivity contribution in [2.75, 3.05) is 5.32 Å². The van der Waals surface area contributed by atoms with Crippen LogP contribution in [0, 0.1) is 19.8 Å². The molecule has 4 rings (SSSR count). The van der Waals surface area contributed by atoms with Gasteiger partial charge in [0.05, 0.1) is 5.52 Å². The van der Waals surface area contributed by atoms with Gasteiger partial charge in [0, 0.05) is 12.0 Å². The first kappa shape index (κ1) is 22.3. The van der Waals surface area contributed by atoms with Gasteiger partial charge in [-0.25, -0.2) is 4.98 Å². The van der Waals surface area contributed by atoms with Crippen LogP contribution in [0.3, 0.4) is 0 Å². The minimum Gasteiger partial charge on any atom is -0.317 e. The number of Topliss-reactive ketones (excluding diaryl/α,β-unsaturated/α-hetero) is 1. The minimum atomic E-state index is -5.14. The molecule has 172 valence electrons. The number of aromatic nitrogens is 2. The molecule has 1 aliphatic carbocycles. The highest BCUT2D eigenvalue weighted by molar-refractivity contribution is 6.10. The van der Waals surface area contributed by atoms with E-state index in [-0.39, 0.29) is 34.7 Å². The van der Waals surface area contributed by atoms with E-state index in [2.05, 4.69) is 10.3 Å². The molecule has 1 aromatic heterocycles. The lowest BCUT2D eigenvalue weighted by Gasteiger charge is -2.32. The topological polar surface area (TPSA) is 93.1 Å². The number of halogens is 3. The molecule has 2 heterocycles.